The Bertz CT molecular complexity index is 1150. The topological polar surface area (TPSA) is 122 Å². The van der Waals surface area contributed by atoms with E-state index in [0.717, 1.165) is 17.2 Å². The van der Waals surface area contributed by atoms with Crippen molar-refractivity contribution in [2.24, 2.45) is 0 Å². The Kier molecular flexibility index (Phi) is 6.39. The molecule has 1 aromatic carbocycles. The van der Waals surface area contributed by atoms with E-state index in [0.29, 0.717) is 5.56 Å². The van der Waals surface area contributed by atoms with Crippen LogP contribution < -0.4 is 5.48 Å². The normalized spacial score (nSPS) is 13.6. The van der Waals surface area contributed by atoms with E-state index >= 15 is 0 Å². The van der Waals surface area contributed by atoms with Crippen molar-refractivity contribution < 1.29 is 23.5 Å². The molecule has 0 radical (unpaired) electrons. The predicted molar refractivity (Wildman–Crippen MR) is 108 cm³/mol. The molecule has 0 fully saturated rings. The van der Waals surface area contributed by atoms with Gasteiger partial charge in [0.25, 0.3) is 5.91 Å². The number of nitrogens with zero attached hydrogens (tertiary/aromatic N) is 2. The van der Waals surface area contributed by atoms with Crippen molar-refractivity contribution in [3.63, 3.8) is 0 Å². The number of hydrogen-bond donors (Lipinski definition) is 3. The van der Waals surface area contributed by atoms with Gasteiger partial charge in [0.2, 0.25) is 0 Å². The molecule has 0 aliphatic rings. The van der Waals surface area contributed by atoms with Gasteiger partial charge in [0.05, 0.1) is 11.7 Å². The van der Waals surface area contributed by atoms with Crippen LogP contribution in [-0.2, 0) is 21.2 Å². The number of rotatable bonds is 5. The molecule has 1 atom stereocenters. The van der Waals surface area contributed by atoms with Gasteiger partial charge in [-0.3, -0.25) is 14.7 Å². The Hall–Kier alpha value is -2.85. The molecule has 9 heteroatoms. The van der Waals surface area contributed by atoms with Crippen molar-refractivity contribution in [1.29, 1.82) is 0 Å². The molecule has 0 bridgehead atoms. The van der Waals surface area contributed by atoms with E-state index in [9.17, 15) is 18.3 Å². The first kappa shape index (κ1) is 22.4. The van der Waals surface area contributed by atoms with E-state index in [2.05, 4.69) is 28.8 Å². The SMILES string of the molecule is CC(C)(O)C#CC#Cc1ccc2c(cnn2CCC(C)(C(=O)NO)S(C)(=O)=O)c1. The maximum atomic E-state index is 12.1. The van der Waals surface area contributed by atoms with E-state index in [1.807, 2.05) is 6.07 Å². The fraction of sp³-hybridized carbons (Fsp3) is 0.400. The Morgan fingerprint density at radius 3 is 2.55 bits per heavy atom. The fourth-order valence-corrected chi connectivity index (χ4v) is 3.38. The largest absolute Gasteiger partial charge is 0.378 e. The molecule has 1 amide bonds. The molecular weight excluding hydrogens is 394 g/mol. The molecule has 154 valence electrons. The van der Waals surface area contributed by atoms with Crippen molar-refractivity contribution in [3.8, 4) is 23.7 Å². The summed E-state index contributed by atoms with van der Waals surface area (Å²) in [5, 5.41) is 23.5. The summed E-state index contributed by atoms with van der Waals surface area (Å²) in [7, 11) is -3.77. The number of aryl methyl sites for hydroxylation is 1. The highest BCUT2D eigenvalue weighted by atomic mass is 32.2. The minimum atomic E-state index is -3.77. The summed E-state index contributed by atoms with van der Waals surface area (Å²) in [5.74, 6) is 9.78. The molecule has 2 rings (SSSR count). The fourth-order valence-electron chi connectivity index (χ4n) is 2.54. The minimum absolute atomic E-state index is 0.0664. The molecule has 1 heterocycles. The lowest BCUT2D eigenvalue weighted by Gasteiger charge is -2.25. The van der Waals surface area contributed by atoms with Gasteiger partial charge in [-0.25, -0.2) is 13.9 Å². The summed E-state index contributed by atoms with van der Waals surface area (Å²) in [4.78, 5) is 11.9. The third kappa shape index (κ3) is 5.36. The standard InChI is InChI=1S/C20H23N3O5S/c1-19(2,25)10-6-5-7-15-8-9-17-16(13-15)14-21-23(17)12-11-20(3,18(24)22-26)29(4,27)28/h8-9,13-14,25-26H,11-12H2,1-4H3,(H,22,24). The molecule has 0 aliphatic heterocycles. The van der Waals surface area contributed by atoms with Crippen LogP contribution >= 0.6 is 0 Å². The van der Waals surface area contributed by atoms with Gasteiger partial charge in [0.15, 0.2) is 14.6 Å². The van der Waals surface area contributed by atoms with Crippen molar-refractivity contribution in [2.45, 2.75) is 44.1 Å². The van der Waals surface area contributed by atoms with Crippen LogP contribution in [0.4, 0.5) is 0 Å². The number of fused-ring (bicyclic) bond motifs is 1. The van der Waals surface area contributed by atoms with Gasteiger partial charge < -0.3 is 5.11 Å². The molecule has 1 aromatic heterocycles. The Labute approximate surface area is 169 Å². The molecule has 3 N–H and O–H groups in total. The number of hydrogen-bond acceptors (Lipinski definition) is 6. The van der Waals surface area contributed by atoms with Crippen LogP contribution in [0.2, 0.25) is 0 Å². The highest BCUT2D eigenvalue weighted by molar-refractivity contribution is 7.92. The minimum Gasteiger partial charge on any atom is -0.378 e. The third-order valence-corrected chi connectivity index (χ3v) is 6.51. The first-order valence-corrected chi connectivity index (χ1v) is 10.6. The monoisotopic (exact) mass is 417 g/mol. The number of nitrogens with one attached hydrogen (secondary N) is 1. The van der Waals surface area contributed by atoms with Gasteiger partial charge in [0.1, 0.15) is 5.60 Å². The second kappa shape index (κ2) is 8.26. The average Bonchev–Trinajstić information content (AvgIpc) is 3.03. The summed E-state index contributed by atoms with van der Waals surface area (Å²) in [6.45, 7) is 4.56. The first-order chi connectivity index (χ1) is 13.4. The molecule has 29 heavy (non-hydrogen) atoms. The van der Waals surface area contributed by atoms with E-state index in [-0.39, 0.29) is 13.0 Å². The van der Waals surface area contributed by atoms with Gasteiger partial charge in [0, 0.05) is 23.8 Å². The number of hydroxylamine groups is 1. The quantitative estimate of drug-likeness (QED) is 0.377. The zero-order valence-corrected chi connectivity index (χ0v) is 17.5. The molecule has 1 unspecified atom stereocenters. The van der Waals surface area contributed by atoms with Crippen LogP contribution in [0.3, 0.4) is 0 Å². The van der Waals surface area contributed by atoms with Crippen LogP contribution in [0.1, 0.15) is 32.8 Å². The highest BCUT2D eigenvalue weighted by Crippen LogP contribution is 2.24. The number of aliphatic hydroxyl groups is 1. The Morgan fingerprint density at radius 1 is 1.28 bits per heavy atom. The van der Waals surface area contributed by atoms with Crippen LogP contribution in [0, 0.1) is 23.7 Å². The molecule has 8 nitrogen and oxygen atoms in total. The summed E-state index contributed by atoms with van der Waals surface area (Å²) in [5.41, 5.74) is 1.79. The van der Waals surface area contributed by atoms with Crippen LogP contribution in [0.15, 0.2) is 24.4 Å². The molecule has 0 saturated carbocycles. The van der Waals surface area contributed by atoms with Crippen molar-refractivity contribution in [2.75, 3.05) is 6.26 Å². The summed E-state index contributed by atoms with van der Waals surface area (Å²) >= 11 is 0. The maximum absolute atomic E-state index is 12.1. The number of aromatic nitrogens is 2. The van der Waals surface area contributed by atoms with Gasteiger partial charge in [-0.05, 0) is 57.2 Å². The second-order valence-corrected chi connectivity index (χ2v) is 9.84. The van der Waals surface area contributed by atoms with Crippen LogP contribution in [0.25, 0.3) is 10.9 Å². The van der Waals surface area contributed by atoms with E-state index in [4.69, 9.17) is 5.21 Å². The van der Waals surface area contributed by atoms with Gasteiger partial charge in [-0.2, -0.15) is 5.10 Å². The lowest BCUT2D eigenvalue weighted by atomic mass is 10.1. The molecule has 0 spiro atoms. The Balaban J connectivity index is 2.25. The number of carbonyl (C=O) groups excluding carboxylic acids is 1. The summed E-state index contributed by atoms with van der Waals surface area (Å²) in [6.07, 6.45) is 2.51. The first-order valence-electron chi connectivity index (χ1n) is 8.73. The zero-order chi connectivity index (χ0) is 21.9. The molecule has 0 saturated heterocycles. The predicted octanol–water partition coefficient (Wildman–Crippen LogP) is 0.861. The maximum Gasteiger partial charge on any atom is 0.264 e. The van der Waals surface area contributed by atoms with Crippen LogP contribution in [-0.4, -0.2) is 51.0 Å². The average molecular weight is 417 g/mol. The van der Waals surface area contributed by atoms with Crippen LogP contribution in [0.5, 0.6) is 0 Å². The third-order valence-electron chi connectivity index (χ3n) is 4.48. The second-order valence-electron chi connectivity index (χ2n) is 7.39. The smallest absolute Gasteiger partial charge is 0.264 e. The van der Waals surface area contributed by atoms with Gasteiger partial charge in [-0.1, -0.05) is 11.8 Å². The van der Waals surface area contributed by atoms with E-state index < -0.39 is 26.1 Å². The number of carbonyl (C=O) groups is 1. The van der Waals surface area contributed by atoms with E-state index in [1.165, 1.54) is 12.4 Å². The molecule has 2 aromatic rings. The summed E-state index contributed by atoms with van der Waals surface area (Å²) < 4.78 is 23.9. The number of benzene rings is 1. The Morgan fingerprint density at radius 2 is 1.97 bits per heavy atom. The lowest BCUT2D eigenvalue weighted by Crippen LogP contribution is -2.49. The number of amides is 1. The van der Waals surface area contributed by atoms with Crippen molar-refractivity contribution in [3.05, 3.63) is 30.0 Å². The number of sulfone groups is 1. The molecule has 0 aliphatic carbocycles. The van der Waals surface area contributed by atoms with Crippen molar-refractivity contribution >= 4 is 26.6 Å². The summed E-state index contributed by atoms with van der Waals surface area (Å²) in [6, 6.07) is 5.38. The lowest BCUT2D eigenvalue weighted by molar-refractivity contribution is -0.131. The van der Waals surface area contributed by atoms with Gasteiger partial charge in [-0.15, -0.1) is 0 Å². The zero-order valence-electron chi connectivity index (χ0n) is 16.6. The van der Waals surface area contributed by atoms with Crippen molar-refractivity contribution in [1.82, 2.24) is 15.3 Å². The van der Waals surface area contributed by atoms with Gasteiger partial charge >= 0.3 is 0 Å². The highest BCUT2D eigenvalue weighted by Gasteiger charge is 2.43. The van der Waals surface area contributed by atoms with E-state index in [1.54, 1.807) is 36.9 Å². The molecular formula is C20H23N3O5S.